The minimum absolute atomic E-state index is 0.171. The maximum atomic E-state index is 6.02. The normalized spacial score (nSPS) is 12.8. The molecule has 1 aromatic rings. The molecule has 2 heteroatoms. The summed E-state index contributed by atoms with van der Waals surface area (Å²) < 4.78 is 0. The van der Waals surface area contributed by atoms with Crippen LogP contribution in [0.2, 0.25) is 0 Å². The SMILES string of the molecule is CCC(N)c1ccc(N(CC)CC(C)C)cc1. The first kappa shape index (κ1) is 14.0. The fourth-order valence-corrected chi connectivity index (χ4v) is 2.03. The average molecular weight is 234 g/mol. The van der Waals surface area contributed by atoms with Crippen LogP contribution in [0.25, 0.3) is 0 Å². The minimum Gasteiger partial charge on any atom is -0.372 e. The lowest BCUT2D eigenvalue weighted by Crippen LogP contribution is -2.27. The molecule has 2 nitrogen and oxygen atoms in total. The summed E-state index contributed by atoms with van der Waals surface area (Å²) >= 11 is 0. The second-order valence-corrected chi connectivity index (χ2v) is 5.04. The summed E-state index contributed by atoms with van der Waals surface area (Å²) in [6, 6.07) is 8.87. The number of benzene rings is 1. The number of hydrogen-bond donors (Lipinski definition) is 1. The van der Waals surface area contributed by atoms with Crippen molar-refractivity contribution in [1.29, 1.82) is 0 Å². The Bertz CT molecular complexity index is 316. The molecule has 96 valence electrons. The van der Waals surface area contributed by atoms with E-state index in [2.05, 4.69) is 56.9 Å². The summed E-state index contributed by atoms with van der Waals surface area (Å²) in [6.45, 7) is 11.0. The summed E-state index contributed by atoms with van der Waals surface area (Å²) in [5.41, 5.74) is 8.55. The van der Waals surface area contributed by atoms with E-state index in [1.807, 2.05) is 0 Å². The van der Waals surface area contributed by atoms with Crippen molar-refractivity contribution in [3.8, 4) is 0 Å². The van der Waals surface area contributed by atoms with E-state index in [9.17, 15) is 0 Å². The Morgan fingerprint density at radius 3 is 2.12 bits per heavy atom. The smallest absolute Gasteiger partial charge is 0.0366 e. The molecular formula is C15H26N2. The Hall–Kier alpha value is -1.02. The summed E-state index contributed by atoms with van der Waals surface area (Å²) in [6.07, 6.45) is 0.989. The summed E-state index contributed by atoms with van der Waals surface area (Å²) in [7, 11) is 0. The summed E-state index contributed by atoms with van der Waals surface area (Å²) in [5.74, 6) is 0.688. The molecule has 0 aromatic heterocycles. The van der Waals surface area contributed by atoms with Gasteiger partial charge in [-0.15, -0.1) is 0 Å². The van der Waals surface area contributed by atoms with Gasteiger partial charge in [-0.25, -0.2) is 0 Å². The zero-order valence-electron chi connectivity index (χ0n) is 11.6. The molecule has 0 radical (unpaired) electrons. The highest BCUT2D eigenvalue weighted by atomic mass is 15.1. The molecule has 0 spiro atoms. The van der Waals surface area contributed by atoms with Gasteiger partial charge in [0.25, 0.3) is 0 Å². The third-order valence-electron chi connectivity index (χ3n) is 3.09. The molecule has 0 bridgehead atoms. The maximum absolute atomic E-state index is 6.02. The topological polar surface area (TPSA) is 29.3 Å². The largest absolute Gasteiger partial charge is 0.372 e. The number of rotatable bonds is 6. The quantitative estimate of drug-likeness (QED) is 0.815. The van der Waals surface area contributed by atoms with Gasteiger partial charge in [-0.2, -0.15) is 0 Å². The molecule has 2 N–H and O–H groups in total. The molecule has 0 saturated carbocycles. The van der Waals surface area contributed by atoms with Crippen molar-refractivity contribution in [3.05, 3.63) is 29.8 Å². The van der Waals surface area contributed by atoms with Crippen LogP contribution < -0.4 is 10.6 Å². The highest BCUT2D eigenvalue weighted by molar-refractivity contribution is 5.48. The van der Waals surface area contributed by atoms with E-state index in [0.29, 0.717) is 5.92 Å². The minimum atomic E-state index is 0.171. The lowest BCUT2D eigenvalue weighted by molar-refractivity contribution is 0.618. The second kappa shape index (κ2) is 6.65. The van der Waals surface area contributed by atoms with E-state index in [4.69, 9.17) is 5.73 Å². The molecule has 0 saturated heterocycles. The Morgan fingerprint density at radius 1 is 1.12 bits per heavy atom. The van der Waals surface area contributed by atoms with Crippen molar-refractivity contribution < 1.29 is 0 Å². The molecule has 0 aliphatic carbocycles. The number of nitrogens with two attached hydrogens (primary N) is 1. The first-order valence-corrected chi connectivity index (χ1v) is 6.68. The van der Waals surface area contributed by atoms with Gasteiger partial charge in [0.1, 0.15) is 0 Å². The predicted molar refractivity (Wildman–Crippen MR) is 76.4 cm³/mol. The number of nitrogens with zero attached hydrogens (tertiary/aromatic N) is 1. The van der Waals surface area contributed by atoms with Crippen LogP contribution in [0.4, 0.5) is 5.69 Å². The van der Waals surface area contributed by atoms with E-state index in [1.54, 1.807) is 0 Å². The average Bonchev–Trinajstić information content (AvgIpc) is 2.35. The van der Waals surface area contributed by atoms with E-state index >= 15 is 0 Å². The predicted octanol–water partition coefficient (Wildman–Crippen LogP) is 3.58. The Labute approximate surface area is 106 Å². The van der Waals surface area contributed by atoms with Crippen molar-refractivity contribution >= 4 is 5.69 Å². The zero-order chi connectivity index (χ0) is 12.8. The molecule has 0 aliphatic rings. The van der Waals surface area contributed by atoms with Crippen LogP contribution in [0, 0.1) is 5.92 Å². The lowest BCUT2D eigenvalue weighted by atomic mass is 10.0. The highest BCUT2D eigenvalue weighted by Gasteiger charge is 2.08. The van der Waals surface area contributed by atoms with E-state index < -0.39 is 0 Å². The van der Waals surface area contributed by atoms with Crippen LogP contribution in [-0.2, 0) is 0 Å². The first-order valence-electron chi connectivity index (χ1n) is 6.68. The Balaban J connectivity index is 2.77. The van der Waals surface area contributed by atoms with E-state index in [-0.39, 0.29) is 6.04 Å². The van der Waals surface area contributed by atoms with Crippen LogP contribution in [0.5, 0.6) is 0 Å². The van der Waals surface area contributed by atoms with Gasteiger partial charge in [0.05, 0.1) is 0 Å². The van der Waals surface area contributed by atoms with Gasteiger partial charge in [0.2, 0.25) is 0 Å². The van der Waals surface area contributed by atoms with Gasteiger partial charge in [-0.05, 0) is 37.0 Å². The van der Waals surface area contributed by atoms with Crippen molar-refractivity contribution in [2.45, 2.75) is 40.2 Å². The molecular weight excluding hydrogens is 208 g/mol. The van der Waals surface area contributed by atoms with Gasteiger partial charge in [0, 0.05) is 24.8 Å². The Kier molecular flexibility index (Phi) is 5.49. The van der Waals surface area contributed by atoms with Crippen LogP contribution in [0.1, 0.15) is 45.7 Å². The van der Waals surface area contributed by atoms with Crippen molar-refractivity contribution in [2.75, 3.05) is 18.0 Å². The van der Waals surface area contributed by atoms with E-state index in [0.717, 1.165) is 19.5 Å². The fourth-order valence-electron chi connectivity index (χ4n) is 2.03. The second-order valence-electron chi connectivity index (χ2n) is 5.04. The number of anilines is 1. The fraction of sp³-hybridized carbons (Fsp3) is 0.600. The van der Waals surface area contributed by atoms with Crippen molar-refractivity contribution in [2.24, 2.45) is 11.7 Å². The van der Waals surface area contributed by atoms with Gasteiger partial charge < -0.3 is 10.6 Å². The molecule has 1 rings (SSSR count). The molecule has 1 unspecified atom stereocenters. The van der Waals surface area contributed by atoms with Crippen molar-refractivity contribution in [1.82, 2.24) is 0 Å². The number of hydrogen-bond acceptors (Lipinski definition) is 2. The lowest BCUT2D eigenvalue weighted by Gasteiger charge is -2.25. The van der Waals surface area contributed by atoms with E-state index in [1.165, 1.54) is 11.3 Å². The standard InChI is InChI=1S/C15H26N2/c1-5-15(16)13-7-9-14(10-8-13)17(6-2)11-12(3)4/h7-10,12,15H,5-6,11,16H2,1-4H3. The monoisotopic (exact) mass is 234 g/mol. The van der Waals surface area contributed by atoms with Crippen LogP contribution in [0.15, 0.2) is 24.3 Å². The molecule has 0 fully saturated rings. The third kappa shape index (κ3) is 4.04. The molecule has 1 aromatic carbocycles. The van der Waals surface area contributed by atoms with Crippen LogP contribution >= 0.6 is 0 Å². The molecule has 0 heterocycles. The van der Waals surface area contributed by atoms with Gasteiger partial charge >= 0.3 is 0 Å². The summed E-state index contributed by atoms with van der Waals surface area (Å²) in [5, 5.41) is 0. The van der Waals surface area contributed by atoms with Gasteiger partial charge in [-0.1, -0.05) is 32.9 Å². The van der Waals surface area contributed by atoms with Gasteiger partial charge in [-0.3, -0.25) is 0 Å². The molecule has 1 atom stereocenters. The maximum Gasteiger partial charge on any atom is 0.0366 e. The van der Waals surface area contributed by atoms with Crippen LogP contribution in [-0.4, -0.2) is 13.1 Å². The third-order valence-corrected chi connectivity index (χ3v) is 3.09. The van der Waals surface area contributed by atoms with Crippen molar-refractivity contribution in [3.63, 3.8) is 0 Å². The van der Waals surface area contributed by atoms with Crippen LogP contribution in [0.3, 0.4) is 0 Å². The first-order chi connectivity index (χ1) is 8.08. The summed E-state index contributed by atoms with van der Waals surface area (Å²) in [4.78, 5) is 2.41. The zero-order valence-corrected chi connectivity index (χ0v) is 11.6. The Morgan fingerprint density at radius 2 is 1.71 bits per heavy atom. The highest BCUT2D eigenvalue weighted by Crippen LogP contribution is 2.20. The molecule has 17 heavy (non-hydrogen) atoms. The molecule has 0 aliphatic heterocycles. The van der Waals surface area contributed by atoms with Gasteiger partial charge in [0.15, 0.2) is 0 Å². The molecule has 0 amide bonds.